The number of rotatable bonds is 3. The normalized spacial score (nSPS) is 16.0. The lowest BCUT2D eigenvalue weighted by molar-refractivity contribution is -0.122. The molecule has 0 unspecified atom stereocenters. The minimum atomic E-state index is -0.212. The summed E-state index contributed by atoms with van der Waals surface area (Å²) in [6, 6.07) is 14.5. The van der Waals surface area contributed by atoms with Gasteiger partial charge < -0.3 is 4.57 Å². The lowest BCUT2D eigenvalue weighted by Crippen LogP contribution is -2.27. The number of benzene rings is 2. The summed E-state index contributed by atoms with van der Waals surface area (Å²) in [7, 11) is 0. The Morgan fingerprint density at radius 3 is 2.46 bits per heavy atom. The van der Waals surface area contributed by atoms with Crippen molar-refractivity contribution in [1.29, 1.82) is 0 Å². The van der Waals surface area contributed by atoms with Gasteiger partial charge in [-0.05, 0) is 67.8 Å². The molecule has 2 heterocycles. The van der Waals surface area contributed by atoms with Crippen molar-refractivity contribution in [3.63, 3.8) is 0 Å². The lowest BCUT2D eigenvalue weighted by Gasteiger charge is -2.14. The Bertz CT molecular complexity index is 1160. The Labute approximate surface area is 176 Å². The van der Waals surface area contributed by atoms with Gasteiger partial charge in [-0.3, -0.25) is 14.5 Å². The van der Waals surface area contributed by atoms with Crippen molar-refractivity contribution >= 4 is 55.7 Å². The van der Waals surface area contributed by atoms with Crippen LogP contribution in [0.3, 0.4) is 0 Å². The van der Waals surface area contributed by atoms with E-state index in [1.165, 1.54) is 4.90 Å². The van der Waals surface area contributed by atoms with Crippen LogP contribution in [-0.4, -0.2) is 27.2 Å². The Morgan fingerprint density at radius 2 is 1.79 bits per heavy atom. The number of carbonyl (C=O) groups excluding carboxylic acids is 2. The number of nitrogens with zero attached hydrogens (tertiary/aromatic N) is 2. The predicted octanol–water partition coefficient (Wildman–Crippen LogP) is 6.07. The minimum Gasteiger partial charge on any atom is -0.317 e. The highest BCUT2D eigenvalue weighted by Gasteiger charge is 2.33. The van der Waals surface area contributed by atoms with E-state index >= 15 is 0 Å². The molecule has 6 heteroatoms. The van der Waals surface area contributed by atoms with Crippen molar-refractivity contribution in [2.75, 3.05) is 6.54 Å². The zero-order chi connectivity index (χ0) is 20.0. The van der Waals surface area contributed by atoms with Gasteiger partial charge in [0.25, 0.3) is 11.1 Å². The summed E-state index contributed by atoms with van der Waals surface area (Å²) in [4.78, 5) is 26.2. The van der Waals surface area contributed by atoms with Crippen LogP contribution in [0.2, 0.25) is 0 Å². The number of fused-ring (bicyclic) bond motifs is 1. The van der Waals surface area contributed by atoms with Crippen LogP contribution in [0.1, 0.15) is 23.9 Å². The fraction of sp³-hybridized carbons (Fsp3) is 0.182. The maximum absolute atomic E-state index is 12.4. The number of thioether (sulfide) groups is 1. The second kappa shape index (κ2) is 7.26. The summed E-state index contributed by atoms with van der Waals surface area (Å²) in [6.07, 6.45) is 1.83. The lowest BCUT2D eigenvalue weighted by atomic mass is 10.1. The summed E-state index contributed by atoms with van der Waals surface area (Å²) in [5, 5.41) is 2.10. The molecule has 0 bridgehead atoms. The fourth-order valence-electron chi connectivity index (χ4n) is 3.66. The Balaban J connectivity index is 1.85. The van der Waals surface area contributed by atoms with E-state index in [0.29, 0.717) is 11.4 Å². The van der Waals surface area contributed by atoms with Gasteiger partial charge in [-0.15, -0.1) is 0 Å². The van der Waals surface area contributed by atoms with Crippen LogP contribution in [0.5, 0.6) is 0 Å². The quantitative estimate of drug-likeness (QED) is 0.451. The molecule has 1 saturated heterocycles. The second-order valence-corrected chi connectivity index (χ2v) is 8.55. The predicted molar refractivity (Wildman–Crippen MR) is 119 cm³/mol. The molecular formula is C22H19BrN2O2S. The molecule has 1 aromatic heterocycles. The summed E-state index contributed by atoms with van der Waals surface area (Å²) < 4.78 is 3.26. The first kappa shape index (κ1) is 19.0. The van der Waals surface area contributed by atoms with Gasteiger partial charge in [0.2, 0.25) is 0 Å². The molecule has 1 aliphatic rings. The summed E-state index contributed by atoms with van der Waals surface area (Å²) in [6.45, 7) is 6.30. The van der Waals surface area contributed by atoms with Crippen molar-refractivity contribution in [2.45, 2.75) is 20.8 Å². The zero-order valence-electron chi connectivity index (χ0n) is 15.8. The van der Waals surface area contributed by atoms with Gasteiger partial charge in [0.1, 0.15) is 0 Å². The van der Waals surface area contributed by atoms with Gasteiger partial charge in [-0.1, -0.05) is 40.2 Å². The highest BCUT2D eigenvalue weighted by molar-refractivity contribution is 9.10. The third-order valence-electron chi connectivity index (χ3n) is 5.04. The average Bonchev–Trinajstić information content (AvgIpc) is 3.11. The molecule has 0 spiro atoms. The van der Waals surface area contributed by atoms with Crippen LogP contribution >= 0.6 is 27.7 Å². The van der Waals surface area contributed by atoms with Gasteiger partial charge in [0.05, 0.1) is 10.6 Å². The number of imide groups is 1. The number of amides is 2. The van der Waals surface area contributed by atoms with Crippen molar-refractivity contribution in [3.8, 4) is 5.69 Å². The van der Waals surface area contributed by atoms with Crippen LogP contribution in [0.25, 0.3) is 22.5 Å². The monoisotopic (exact) mass is 454 g/mol. The molecule has 0 saturated carbocycles. The number of hydrogen-bond acceptors (Lipinski definition) is 3. The van der Waals surface area contributed by atoms with Crippen molar-refractivity contribution in [3.05, 3.63) is 68.8 Å². The second-order valence-electron chi connectivity index (χ2n) is 6.70. The molecule has 0 radical (unpaired) electrons. The molecular weight excluding hydrogens is 436 g/mol. The molecule has 4 nitrogen and oxygen atoms in total. The zero-order valence-corrected chi connectivity index (χ0v) is 18.2. The highest BCUT2D eigenvalue weighted by atomic mass is 79.9. The summed E-state index contributed by atoms with van der Waals surface area (Å²) >= 11 is 4.64. The smallest absolute Gasteiger partial charge is 0.293 e. The van der Waals surface area contributed by atoms with Gasteiger partial charge in [0.15, 0.2) is 0 Å². The van der Waals surface area contributed by atoms with Gasteiger partial charge >= 0.3 is 0 Å². The SMILES string of the molecule is CCN1C(=O)S/C(=C\c2cc(C)n(-c3ccc(Br)c4ccccc34)c2C)C1=O. The number of aromatic nitrogens is 1. The van der Waals surface area contributed by atoms with Crippen LogP contribution in [-0.2, 0) is 4.79 Å². The van der Waals surface area contributed by atoms with E-state index in [2.05, 4.69) is 57.8 Å². The van der Waals surface area contributed by atoms with Crippen molar-refractivity contribution in [2.24, 2.45) is 0 Å². The Kier molecular flexibility index (Phi) is 4.93. The number of hydrogen-bond donors (Lipinski definition) is 0. The van der Waals surface area contributed by atoms with Crippen molar-refractivity contribution in [1.82, 2.24) is 9.47 Å². The molecule has 4 rings (SSSR count). The maximum Gasteiger partial charge on any atom is 0.293 e. The number of halogens is 1. The van der Waals surface area contributed by atoms with E-state index in [9.17, 15) is 9.59 Å². The molecule has 1 fully saturated rings. The maximum atomic E-state index is 12.4. The number of aryl methyl sites for hydroxylation is 1. The van der Waals surface area contributed by atoms with E-state index < -0.39 is 0 Å². The third-order valence-corrected chi connectivity index (χ3v) is 6.63. The molecule has 2 amide bonds. The first-order chi connectivity index (χ1) is 13.4. The highest BCUT2D eigenvalue weighted by Crippen LogP contribution is 2.35. The van der Waals surface area contributed by atoms with Crippen LogP contribution in [0.15, 0.2) is 51.8 Å². The molecule has 2 aromatic carbocycles. The first-order valence-corrected chi connectivity index (χ1v) is 10.6. The number of likely N-dealkylation sites (N-methyl/N-ethyl adjacent to an activating group) is 1. The van der Waals surface area contributed by atoms with Gasteiger partial charge in [-0.2, -0.15) is 0 Å². The summed E-state index contributed by atoms with van der Waals surface area (Å²) in [5.74, 6) is -0.212. The molecule has 28 heavy (non-hydrogen) atoms. The van der Waals surface area contributed by atoms with E-state index in [1.807, 2.05) is 32.1 Å². The third kappa shape index (κ3) is 3.01. The molecule has 1 aliphatic heterocycles. The van der Waals surface area contributed by atoms with E-state index in [-0.39, 0.29) is 11.1 Å². The largest absolute Gasteiger partial charge is 0.317 e. The fourth-order valence-corrected chi connectivity index (χ4v) is 5.03. The topological polar surface area (TPSA) is 42.3 Å². The molecule has 142 valence electrons. The molecule has 0 N–H and O–H groups in total. The van der Waals surface area contributed by atoms with Gasteiger partial charge in [0, 0.05) is 27.8 Å². The molecule has 0 aliphatic carbocycles. The Morgan fingerprint density at radius 1 is 1.07 bits per heavy atom. The standard InChI is InChI=1S/C22H19BrN2O2S/c1-4-24-21(26)20(28-22(24)27)12-15-11-13(2)25(14(15)3)19-10-9-18(23)16-7-5-6-8-17(16)19/h5-12H,4H2,1-3H3/b20-12-. The molecule has 3 aromatic rings. The minimum absolute atomic E-state index is 0.202. The van der Waals surface area contributed by atoms with E-state index in [1.54, 1.807) is 0 Å². The van der Waals surface area contributed by atoms with Gasteiger partial charge in [-0.25, -0.2) is 0 Å². The first-order valence-electron chi connectivity index (χ1n) is 9.04. The van der Waals surface area contributed by atoms with Crippen LogP contribution in [0, 0.1) is 13.8 Å². The van der Waals surface area contributed by atoms with Crippen LogP contribution < -0.4 is 0 Å². The molecule has 0 atom stereocenters. The Hall–Kier alpha value is -2.31. The van der Waals surface area contributed by atoms with E-state index in [0.717, 1.165) is 49.6 Å². The number of carbonyl (C=O) groups is 2. The van der Waals surface area contributed by atoms with Crippen LogP contribution in [0.4, 0.5) is 4.79 Å². The van der Waals surface area contributed by atoms with Crippen molar-refractivity contribution < 1.29 is 9.59 Å². The summed E-state index contributed by atoms with van der Waals surface area (Å²) in [5.41, 5.74) is 4.15. The van der Waals surface area contributed by atoms with E-state index in [4.69, 9.17) is 0 Å². The average molecular weight is 455 g/mol.